The van der Waals surface area contributed by atoms with Gasteiger partial charge < -0.3 is 5.32 Å². The average Bonchev–Trinajstić information content (AvgIpc) is 3.16. The lowest BCUT2D eigenvalue weighted by Crippen LogP contribution is -2.27. The first kappa shape index (κ1) is 15.4. The number of nitrogens with one attached hydrogen (secondary N) is 1. The fraction of sp³-hybridized carbons (Fsp3) is 0.200. The maximum Gasteiger partial charge on any atom is 0.262 e. The summed E-state index contributed by atoms with van der Waals surface area (Å²) in [5.74, 6) is -0.363. The fourth-order valence-electron chi connectivity index (χ4n) is 2.11. The molecule has 1 amide bonds. The van der Waals surface area contributed by atoms with Gasteiger partial charge in [0.1, 0.15) is 22.4 Å². The van der Waals surface area contributed by atoms with Crippen molar-refractivity contribution in [3.05, 3.63) is 44.6 Å². The maximum absolute atomic E-state index is 12.4. The number of carbonyl (C=O) groups is 1. The lowest BCUT2D eigenvalue weighted by molar-refractivity contribution is -0.116. The molecule has 6 nitrogen and oxygen atoms in total. The molecule has 0 aliphatic carbocycles. The quantitative estimate of drug-likeness (QED) is 0.788. The minimum absolute atomic E-state index is 0.137. The van der Waals surface area contributed by atoms with Crippen LogP contribution in [0, 0.1) is 11.3 Å². The van der Waals surface area contributed by atoms with Gasteiger partial charge in [0.05, 0.1) is 17.3 Å². The van der Waals surface area contributed by atoms with Gasteiger partial charge in [-0.1, -0.05) is 6.92 Å². The van der Waals surface area contributed by atoms with Crippen LogP contribution in [0.3, 0.4) is 0 Å². The molecule has 0 aromatic carbocycles. The Bertz CT molecular complexity index is 977. The third-order valence-corrected chi connectivity index (χ3v) is 5.29. The number of aromatic nitrogens is 2. The Kier molecular flexibility index (Phi) is 4.23. The molecule has 0 radical (unpaired) electrons. The summed E-state index contributed by atoms with van der Waals surface area (Å²) in [5, 5.41) is 14.3. The molecule has 116 valence electrons. The number of amides is 1. The number of hydrogen-bond donors (Lipinski definition) is 1. The lowest BCUT2D eigenvalue weighted by atomic mass is 10.3. The SMILES string of the molecule is CCc1cc2c(=O)n(CC(=O)Nc3sccc3C#N)cnc2s1. The predicted octanol–water partition coefficient (Wildman–Crippen LogP) is 2.59. The molecule has 8 heteroatoms. The second-order valence-corrected chi connectivity index (χ2v) is 6.82. The van der Waals surface area contributed by atoms with E-state index in [0.29, 0.717) is 20.8 Å². The van der Waals surface area contributed by atoms with E-state index in [2.05, 4.69) is 10.3 Å². The van der Waals surface area contributed by atoms with Gasteiger partial charge in [0, 0.05) is 4.88 Å². The number of fused-ring (bicyclic) bond motifs is 1. The Balaban J connectivity index is 1.84. The summed E-state index contributed by atoms with van der Waals surface area (Å²) in [4.78, 5) is 30.5. The first-order chi connectivity index (χ1) is 11.1. The highest BCUT2D eigenvalue weighted by molar-refractivity contribution is 7.18. The molecule has 0 atom stereocenters. The number of rotatable bonds is 4. The van der Waals surface area contributed by atoms with Crippen LogP contribution in [0.15, 0.2) is 28.6 Å². The van der Waals surface area contributed by atoms with Crippen molar-refractivity contribution in [1.82, 2.24) is 9.55 Å². The standard InChI is InChI=1S/C15H12N4O2S2/c1-2-10-5-11-14(23-10)17-8-19(15(11)21)7-12(20)18-13-9(6-16)3-4-22-13/h3-5,8H,2,7H2,1H3,(H,18,20). The molecule has 0 aliphatic rings. The van der Waals surface area contributed by atoms with E-state index >= 15 is 0 Å². The molecule has 3 rings (SSSR count). The topological polar surface area (TPSA) is 87.8 Å². The van der Waals surface area contributed by atoms with Crippen LogP contribution in [0.1, 0.15) is 17.4 Å². The van der Waals surface area contributed by atoms with Crippen molar-refractivity contribution in [2.75, 3.05) is 5.32 Å². The third kappa shape index (κ3) is 3.02. The zero-order chi connectivity index (χ0) is 16.4. The molecule has 3 heterocycles. The van der Waals surface area contributed by atoms with Crippen LogP contribution >= 0.6 is 22.7 Å². The Morgan fingerprint density at radius 3 is 3.09 bits per heavy atom. The summed E-state index contributed by atoms with van der Waals surface area (Å²) >= 11 is 2.76. The smallest absolute Gasteiger partial charge is 0.262 e. The normalized spacial score (nSPS) is 10.6. The first-order valence-corrected chi connectivity index (χ1v) is 8.57. The van der Waals surface area contributed by atoms with Gasteiger partial charge in [-0.05, 0) is 23.9 Å². The number of thiophene rings is 2. The van der Waals surface area contributed by atoms with Crippen LogP contribution < -0.4 is 10.9 Å². The zero-order valence-corrected chi connectivity index (χ0v) is 13.8. The summed E-state index contributed by atoms with van der Waals surface area (Å²) in [6.45, 7) is 1.88. The highest BCUT2D eigenvalue weighted by Crippen LogP contribution is 2.22. The molecular weight excluding hydrogens is 332 g/mol. The van der Waals surface area contributed by atoms with Gasteiger partial charge in [0.15, 0.2) is 0 Å². The summed E-state index contributed by atoms with van der Waals surface area (Å²) in [7, 11) is 0. The van der Waals surface area contributed by atoms with Gasteiger partial charge in [0.2, 0.25) is 5.91 Å². The second-order valence-electron chi connectivity index (χ2n) is 4.79. The molecule has 0 spiro atoms. The molecule has 23 heavy (non-hydrogen) atoms. The van der Waals surface area contributed by atoms with Crippen LogP contribution in [-0.2, 0) is 17.8 Å². The van der Waals surface area contributed by atoms with Gasteiger partial charge in [0.25, 0.3) is 5.56 Å². The summed E-state index contributed by atoms with van der Waals surface area (Å²) in [6, 6.07) is 5.47. The van der Waals surface area contributed by atoms with Crippen molar-refractivity contribution in [2.45, 2.75) is 19.9 Å². The molecule has 0 saturated heterocycles. The summed E-state index contributed by atoms with van der Waals surface area (Å²) in [5.41, 5.74) is 0.183. The van der Waals surface area contributed by atoms with Gasteiger partial charge in [-0.25, -0.2) is 4.98 Å². The largest absolute Gasteiger partial charge is 0.315 e. The van der Waals surface area contributed by atoms with Crippen molar-refractivity contribution >= 4 is 43.8 Å². The summed E-state index contributed by atoms with van der Waals surface area (Å²) < 4.78 is 1.28. The molecule has 0 aliphatic heterocycles. The molecule has 0 unspecified atom stereocenters. The van der Waals surface area contributed by atoms with E-state index in [1.54, 1.807) is 11.4 Å². The minimum atomic E-state index is -0.363. The Hall–Kier alpha value is -2.50. The Labute approximate surface area is 139 Å². The second kappa shape index (κ2) is 6.32. The number of carbonyl (C=O) groups excluding carboxylic acids is 1. The maximum atomic E-state index is 12.4. The van der Waals surface area contributed by atoms with Gasteiger partial charge >= 0.3 is 0 Å². The van der Waals surface area contributed by atoms with Crippen molar-refractivity contribution in [2.24, 2.45) is 0 Å². The molecule has 0 saturated carbocycles. The van der Waals surface area contributed by atoms with E-state index in [1.807, 2.05) is 19.1 Å². The number of anilines is 1. The van der Waals surface area contributed by atoms with Crippen molar-refractivity contribution in [3.8, 4) is 6.07 Å². The van der Waals surface area contributed by atoms with E-state index in [9.17, 15) is 9.59 Å². The lowest BCUT2D eigenvalue weighted by Gasteiger charge is -2.05. The van der Waals surface area contributed by atoms with E-state index < -0.39 is 0 Å². The van der Waals surface area contributed by atoms with Gasteiger partial charge in [-0.15, -0.1) is 22.7 Å². The highest BCUT2D eigenvalue weighted by atomic mass is 32.1. The van der Waals surface area contributed by atoms with Crippen molar-refractivity contribution < 1.29 is 4.79 Å². The third-order valence-electron chi connectivity index (χ3n) is 3.27. The molecule has 3 aromatic heterocycles. The number of nitriles is 1. The van der Waals surface area contributed by atoms with Crippen LogP contribution in [0.4, 0.5) is 5.00 Å². The molecular formula is C15H12N4O2S2. The molecule has 3 aromatic rings. The van der Waals surface area contributed by atoms with Crippen LogP contribution in [0.5, 0.6) is 0 Å². The Morgan fingerprint density at radius 1 is 1.52 bits per heavy atom. The van der Waals surface area contributed by atoms with Crippen LogP contribution in [0.2, 0.25) is 0 Å². The molecule has 0 fully saturated rings. The van der Waals surface area contributed by atoms with E-state index in [-0.39, 0.29) is 18.0 Å². The van der Waals surface area contributed by atoms with Crippen LogP contribution in [-0.4, -0.2) is 15.5 Å². The number of nitrogens with zero attached hydrogens (tertiary/aromatic N) is 3. The van der Waals surface area contributed by atoms with Crippen molar-refractivity contribution in [3.63, 3.8) is 0 Å². The van der Waals surface area contributed by atoms with E-state index in [1.165, 1.54) is 33.6 Å². The predicted molar refractivity (Wildman–Crippen MR) is 90.9 cm³/mol. The highest BCUT2D eigenvalue weighted by Gasteiger charge is 2.12. The molecule has 0 bridgehead atoms. The van der Waals surface area contributed by atoms with Crippen molar-refractivity contribution in [1.29, 1.82) is 5.26 Å². The average molecular weight is 344 g/mol. The van der Waals surface area contributed by atoms with Crippen LogP contribution in [0.25, 0.3) is 10.2 Å². The number of hydrogen-bond acceptors (Lipinski definition) is 6. The van der Waals surface area contributed by atoms with Gasteiger partial charge in [-0.3, -0.25) is 14.2 Å². The van der Waals surface area contributed by atoms with E-state index in [4.69, 9.17) is 5.26 Å². The Morgan fingerprint density at radius 2 is 2.35 bits per heavy atom. The zero-order valence-electron chi connectivity index (χ0n) is 12.2. The monoisotopic (exact) mass is 344 g/mol. The summed E-state index contributed by atoms with van der Waals surface area (Å²) in [6.07, 6.45) is 2.23. The fourth-order valence-corrected chi connectivity index (χ4v) is 3.79. The molecule has 1 N–H and O–H groups in total. The van der Waals surface area contributed by atoms with Gasteiger partial charge in [-0.2, -0.15) is 5.26 Å². The number of aryl methyl sites for hydroxylation is 1. The minimum Gasteiger partial charge on any atom is -0.315 e. The van der Waals surface area contributed by atoms with E-state index in [0.717, 1.165) is 11.3 Å². The first-order valence-electron chi connectivity index (χ1n) is 6.87.